The third kappa shape index (κ3) is 4.88. The summed E-state index contributed by atoms with van der Waals surface area (Å²) in [5, 5.41) is 8.85. The van der Waals surface area contributed by atoms with Crippen molar-refractivity contribution in [3.8, 4) is 0 Å². The maximum atomic E-state index is 12.2. The van der Waals surface area contributed by atoms with E-state index in [1.807, 2.05) is 30.3 Å². The summed E-state index contributed by atoms with van der Waals surface area (Å²) >= 11 is 0. The molecule has 7 heteroatoms. The monoisotopic (exact) mass is 334 g/mol. The highest BCUT2D eigenvalue weighted by atomic mass is 32.2. The van der Waals surface area contributed by atoms with E-state index in [2.05, 4.69) is 4.72 Å². The van der Waals surface area contributed by atoms with Gasteiger partial charge in [-0.15, -0.1) is 0 Å². The fourth-order valence-electron chi connectivity index (χ4n) is 2.14. The van der Waals surface area contributed by atoms with Crippen LogP contribution >= 0.6 is 0 Å². The molecule has 0 bridgehead atoms. The van der Waals surface area contributed by atoms with E-state index in [4.69, 9.17) is 5.21 Å². The molecule has 23 heavy (non-hydrogen) atoms. The molecule has 0 radical (unpaired) electrons. The average Bonchev–Trinajstić information content (AvgIpc) is 2.59. The largest absolute Gasteiger partial charge is 0.289 e. The summed E-state index contributed by atoms with van der Waals surface area (Å²) in [6, 6.07) is 17.1. The van der Waals surface area contributed by atoms with Gasteiger partial charge < -0.3 is 0 Å². The summed E-state index contributed by atoms with van der Waals surface area (Å²) in [6.07, 6.45) is 0.310. The molecule has 1 atom stereocenters. The molecule has 0 aliphatic rings. The van der Waals surface area contributed by atoms with Crippen molar-refractivity contribution in [1.82, 2.24) is 10.2 Å². The van der Waals surface area contributed by atoms with Crippen LogP contribution in [-0.4, -0.2) is 26.1 Å². The first kappa shape index (κ1) is 17.1. The standard InChI is InChI=1S/C16H18N2O4S/c19-16(18-20)14(11-13-7-3-1-4-8-13)12-17-23(21,22)15-9-5-2-6-10-15/h1-10,14,17,20H,11-12H2,(H,18,19). The van der Waals surface area contributed by atoms with Crippen LogP contribution in [0.3, 0.4) is 0 Å². The van der Waals surface area contributed by atoms with Gasteiger partial charge in [0, 0.05) is 6.54 Å². The van der Waals surface area contributed by atoms with E-state index in [9.17, 15) is 13.2 Å². The van der Waals surface area contributed by atoms with Crippen LogP contribution < -0.4 is 10.2 Å². The molecule has 2 aromatic carbocycles. The third-order valence-electron chi connectivity index (χ3n) is 3.38. The van der Waals surface area contributed by atoms with Gasteiger partial charge in [-0.2, -0.15) is 0 Å². The first-order chi connectivity index (χ1) is 11.0. The van der Waals surface area contributed by atoms with Crippen LogP contribution in [0.5, 0.6) is 0 Å². The number of amides is 1. The van der Waals surface area contributed by atoms with Gasteiger partial charge in [-0.05, 0) is 24.1 Å². The number of sulfonamides is 1. The summed E-state index contributed by atoms with van der Waals surface area (Å²) in [4.78, 5) is 11.9. The Morgan fingerprint density at radius 3 is 2.13 bits per heavy atom. The number of carbonyl (C=O) groups excluding carboxylic acids is 1. The van der Waals surface area contributed by atoms with E-state index < -0.39 is 21.8 Å². The summed E-state index contributed by atoms with van der Waals surface area (Å²) in [6.45, 7) is -0.113. The van der Waals surface area contributed by atoms with Crippen molar-refractivity contribution < 1.29 is 18.4 Å². The molecule has 2 aromatic rings. The molecule has 0 aromatic heterocycles. The summed E-state index contributed by atoms with van der Waals surface area (Å²) < 4.78 is 26.8. The van der Waals surface area contributed by atoms with Crippen LogP contribution in [0.25, 0.3) is 0 Å². The topological polar surface area (TPSA) is 95.5 Å². The van der Waals surface area contributed by atoms with Crippen molar-refractivity contribution in [2.75, 3.05) is 6.54 Å². The fourth-order valence-corrected chi connectivity index (χ4v) is 3.24. The zero-order valence-corrected chi connectivity index (χ0v) is 13.2. The molecule has 0 fully saturated rings. The number of benzene rings is 2. The van der Waals surface area contributed by atoms with Crippen molar-refractivity contribution in [3.63, 3.8) is 0 Å². The minimum atomic E-state index is -3.70. The van der Waals surface area contributed by atoms with E-state index in [-0.39, 0.29) is 11.4 Å². The molecular formula is C16H18N2O4S. The number of hydroxylamine groups is 1. The predicted molar refractivity (Wildman–Crippen MR) is 85.2 cm³/mol. The van der Waals surface area contributed by atoms with Gasteiger partial charge in [0.1, 0.15) is 0 Å². The second kappa shape index (κ2) is 7.87. The molecule has 3 N–H and O–H groups in total. The number of hydrogen-bond acceptors (Lipinski definition) is 4. The minimum Gasteiger partial charge on any atom is -0.289 e. The van der Waals surface area contributed by atoms with Gasteiger partial charge in [0.15, 0.2) is 0 Å². The van der Waals surface area contributed by atoms with Gasteiger partial charge in [-0.3, -0.25) is 10.0 Å². The predicted octanol–water partition coefficient (Wildman–Crippen LogP) is 1.33. The van der Waals surface area contributed by atoms with Crippen molar-refractivity contribution in [3.05, 3.63) is 66.2 Å². The second-order valence-electron chi connectivity index (χ2n) is 5.03. The van der Waals surface area contributed by atoms with Crippen LogP contribution in [0.1, 0.15) is 5.56 Å². The van der Waals surface area contributed by atoms with Gasteiger partial charge in [0.05, 0.1) is 10.8 Å². The van der Waals surface area contributed by atoms with E-state index in [0.29, 0.717) is 6.42 Å². The van der Waals surface area contributed by atoms with E-state index in [0.717, 1.165) is 5.56 Å². The highest BCUT2D eigenvalue weighted by molar-refractivity contribution is 7.89. The normalized spacial score (nSPS) is 12.6. The lowest BCUT2D eigenvalue weighted by molar-refractivity contribution is -0.133. The molecule has 6 nitrogen and oxygen atoms in total. The van der Waals surface area contributed by atoms with Crippen LogP contribution in [0.15, 0.2) is 65.6 Å². The first-order valence-corrected chi connectivity index (χ1v) is 8.54. The van der Waals surface area contributed by atoms with E-state index >= 15 is 0 Å². The lowest BCUT2D eigenvalue weighted by Gasteiger charge is -2.16. The van der Waals surface area contributed by atoms with Gasteiger partial charge in [0.25, 0.3) is 0 Å². The summed E-state index contributed by atoms with van der Waals surface area (Å²) in [7, 11) is -3.70. The Labute approximate surface area is 135 Å². The van der Waals surface area contributed by atoms with E-state index in [1.54, 1.807) is 23.7 Å². The Morgan fingerprint density at radius 2 is 1.57 bits per heavy atom. The quantitative estimate of drug-likeness (QED) is 0.526. The number of carbonyl (C=O) groups is 1. The molecular weight excluding hydrogens is 316 g/mol. The average molecular weight is 334 g/mol. The third-order valence-corrected chi connectivity index (χ3v) is 4.82. The molecule has 0 saturated heterocycles. The van der Waals surface area contributed by atoms with Crippen molar-refractivity contribution in [2.24, 2.45) is 5.92 Å². The highest BCUT2D eigenvalue weighted by Crippen LogP contribution is 2.11. The molecule has 1 unspecified atom stereocenters. The lowest BCUT2D eigenvalue weighted by atomic mass is 9.99. The van der Waals surface area contributed by atoms with Crippen LogP contribution in [-0.2, 0) is 21.2 Å². The molecule has 0 aliphatic carbocycles. The maximum Gasteiger partial charge on any atom is 0.248 e. The molecule has 122 valence electrons. The fraction of sp³-hybridized carbons (Fsp3) is 0.188. The molecule has 0 saturated carbocycles. The molecule has 0 spiro atoms. The van der Waals surface area contributed by atoms with E-state index in [1.165, 1.54) is 12.1 Å². The van der Waals surface area contributed by atoms with Crippen LogP contribution in [0, 0.1) is 5.92 Å². The van der Waals surface area contributed by atoms with Crippen LogP contribution in [0.2, 0.25) is 0 Å². The smallest absolute Gasteiger partial charge is 0.248 e. The van der Waals surface area contributed by atoms with Gasteiger partial charge in [0.2, 0.25) is 15.9 Å². The van der Waals surface area contributed by atoms with Gasteiger partial charge >= 0.3 is 0 Å². The molecule has 2 rings (SSSR count). The molecule has 0 aliphatic heterocycles. The van der Waals surface area contributed by atoms with Gasteiger partial charge in [-0.25, -0.2) is 18.6 Å². The SMILES string of the molecule is O=C(NO)C(CNS(=O)(=O)c1ccccc1)Cc1ccccc1. The Morgan fingerprint density at radius 1 is 1.00 bits per heavy atom. The number of rotatable bonds is 7. The summed E-state index contributed by atoms with van der Waals surface area (Å²) in [5.74, 6) is -1.36. The Bertz CT molecular complexity index is 733. The van der Waals surface area contributed by atoms with Crippen LogP contribution in [0.4, 0.5) is 0 Å². The minimum absolute atomic E-state index is 0.113. The van der Waals surface area contributed by atoms with Crippen molar-refractivity contribution >= 4 is 15.9 Å². The number of nitrogens with one attached hydrogen (secondary N) is 2. The maximum absolute atomic E-state index is 12.2. The summed E-state index contributed by atoms with van der Waals surface area (Å²) in [5.41, 5.74) is 2.46. The Kier molecular flexibility index (Phi) is 5.86. The lowest BCUT2D eigenvalue weighted by Crippen LogP contribution is -2.38. The Hall–Kier alpha value is -2.22. The first-order valence-electron chi connectivity index (χ1n) is 7.05. The van der Waals surface area contributed by atoms with Gasteiger partial charge in [-0.1, -0.05) is 48.5 Å². The molecule has 1 amide bonds. The molecule has 0 heterocycles. The zero-order valence-electron chi connectivity index (χ0n) is 12.3. The highest BCUT2D eigenvalue weighted by Gasteiger charge is 2.22. The zero-order chi connectivity index (χ0) is 16.7. The Balaban J connectivity index is 2.08. The van der Waals surface area contributed by atoms with Crippen molar-refractivity contribution in [2.45, 2.75) is 11.3 Å². The van der Waals surface area contributed by atoms with Crippen molar-refractivity contribution in [1.29, 1.82) is 0 Å². The number of hydrogen-bond donors (Lipinski definition) is 3. The second-order valence-corrected chi connectivity index (χ2v) is 6.79.